The summed E-state index contributed by atoms with van der Waals surface area (Å²) in [7, 11) is 1.40. The molecule has 0 saturated carbocycles. The van der Waals surface area contributed by atoms with Crippen LogP contribution in [-0.4, -0.2) is 24.8 Å². The zero-order chi connectivity index (χ0) is 23.3. The van der Waals surface area contributed by atoms with Crippen molar-refractivity contribution in [3.63, 3.8) is 0 Å². The molecule has 5 heteroatoms. The molecule has 0 bridgehead atoms. The van der Waals surface area contributed by atoms with Gasteiger partial charge in [0.05, 0.1) is 13.0 Å². The summed E-state index contributed by atoms with van der Waals surface area (Å²) in [5, 5.41) is 0. The van der Waals surface area contributed by atoms with Gasteiger partial charge < -0.3 is 9.47 Å². The second kappa shape index (κ2) is 13.7. The van der Waals surface area contributed by atoms with E-state index in [4.69, 9.17) is 4.74 Å². The van der Waals surface area contributed by atoms with Crippen molar-refractivity contribution in [2.45, 2.75) is 77.2 Å². The fraction of sp³-hybridized carbons (Fsp3) is 0.519. The molecule has 0 amide bonds. The first-order valence-corrected chi connectivity index (χ1v) is 11.7. The summed E-state index contributed by atoms with van der Waals surface area (Å²) in [5.74, 6) is -0.395. The van der Waals surface area contributed by atoms with Crippen molar-refractivity contribution in [3.05, 3.63) is 59.7 Å². The quantitative estimate of drug-likeness (QED) is 0.214. The zero-order valence-electron chi connectivity index (χ0n) is 19.5. The summed E-state index contributed by atoms with van der Waals surface area (Å²) < 4.78 is 10.2. The van der Waals surface area contributed by atoms with Crippen molar-refractivity contribution in [1.29, 1.82) is 0 Å². The van der Waals surface area contributed by atoms with Crippen LogP contribution in [0.3, 0.4) is 0 Å². The van der Waals surface area contributed by atoms with Crippen LogP contribution in [0.4, 0.5) is 0 Å². The normalized spacial score (nSPS) is 18.8. The molecule has 1 aliphatic carbocycles. The molecule has 1 unspecified atom stereocenters. The Hall–Kier alpha value is -2.69. The summed E-state index contributed by atoms with van der Waals surface area (Å²) in [4.78, 5) is 35.2. The molecular formula is C27H36O5. The highest BCUT2D eigenvalue weighted by molar-refractivity contribution is 5.98. The predicted octanol–water partition coefficient (Wildman–Crippen LogP) is 6.00. The minimum Gasteiger partial charge on any atom is -0.469 e. The number of ketones is 1. The number of carbonyl (C=O) groups excluding carboxylic acids is 3. The van der Waals surface area contributed by atoms with Crippen LogP contribution in [0.1, 0.15) is 88.4 Å². The van der Waals surface area contributed by atoms with E-state index >= 15 is 0 Å². The van der Waals surface area contributed by atoms with Crippen LogP contribution in [0.25, 0.3) is 0 Å². The lowest BCUT2D eigenvalue weighted by molar-refractivity contribution is -0.147. The molecule has 0 saturated heterocycles. The van der Waals surface area contributed by atoms with Gasteiger partial charge in [-0.3, -0.25) is 14.4 Å². The van der Waals surface area contributed by atoms with Gasteiger partial charge in [0.15, 0.2) is 5.78 Å². The first-order chi connectivity index (χ1) is 15.5. The molecule has 3 atom stereocenters. The average molecular weight is 441 g/mol. The SMILES string of the molecule is CCCCCC(OC(C)=O)c1ccc([C@H]2C(=O)C=C[C@@H]2CC=CCCCC(=O)OC)cc1. The molecule has 1 aliphatic rings. The Kier molecular flexibility index (Phi) is 10.9. The smallest absolute Gasteiger partial charge is 0.305 e. The maximum atomic E-state index is 12.5. The van der Waals surface area contributed by atoms with Crippen molar-refractivity contribution < 1.29 is 23.9 Å². The number of benzene rings is 1. The molecule has 174 valence electrons. The Bertz CT molecular complexity index is 806. The van der Waals surface area contributed by atoms with E-state index in [0.717, 1.165) is 56.1 Å². The fourth-order valence-electron chi connectivity index (χ4n) is 4.10. The predicted molar refractivity (Wildman–Crippen MR) is 125 cm³/mol. The number of hydrogen-bond acceptors (Lipinski definition) is 5. The number of unbranched alkanes of at least 4 members (excludes halogenated alkanes) is 3. The van der Waals surface area contributed by atoms with Gasteiger partial charge in [0.1, 0.15) is 6.10 Å². The molecule has 0 spiro atoms. The van der Waals surface area contributed by atoms with E-state index < -0.39 is 0 Å². The van der Waals surface area contributed by atoms with Crippen molar-refractivity contribution >= 4 is 17.7 Å². The fourth-order valence-corrected chi connectivity index (χ4v) is 4.10. The highest BCUT2D eigenvalue weighted by Gasteiger charge is 2.30. The summed E-state index contributed by atoms with van der Waals surface area (Å²) >= 11 is 0. The standard InChI is InChI=1S/C27H36O5/c1-4-5-8-12-25(32-20(2)28)21-14-16-23(17-15-21)27-22(18-19-24(27)29)11-9-6-7-10-13-26(30)31-3/h6,9,14-19,22,25,27H,4-5,7-8,10-13H2,1-3H3/t22-,25?,27-/m0/s1. The third-order valence-corrected chi connectivity index (χ3v) is 5.84. The van der Waals surface area contributed by atoms with Crippen molar-refractivity contribution in [1.82, 2.24) is 0 Å². The molecule has 0 N–H and O–H groups in total. The van der Waals surface area contributed by atoms with Crippen LogP contribution in [0, 0.1) is 5.92 Å². The Morgan fingerprint density at radius 1 is 1.09 bits per heavy atom. The van der Waals surface area contributed by atoms with Crippen LogP contribution < -0.4 is 0 Å². The Balaban J connectivity index is 1.98. The van der Waals surface area contributed by atoms with Gasteiger partial charge in [-0.1, -0.05) is 62.3 Å². The van der Waals surface area contributed by atoms with Crippen molar-refractivity contribution in [2.24, 2.45) is 5.92 Å². The van der Waals surface area contributed by atoms with Crippen molar-refractivity contribution in [3.8, 4) is 0 Å². The molecule has 0 fully saturated rings. The number of allylic oxidation sites excluding steroid dienone is 4. The number of methoxy groups -OCH3 is 1. The maximum absolute atomic E-state index is 12.5. The van der Waals surface area contributed by atoms with Gasteiger partial charge in [0.25, 0.3) is 0 Å². The average Bonchev–Trinajstić information content (AvgIpc) is 3.15. The lowest BCUT2D eigenvalue weighted by atomic mass is 9.85. The lowest BCUT2D eigenvalue weighted by Gasteiger charge is -2.20. The van der Waals surface area contributed by atoms with E-state index in [9.17, 15) is 14.4 Å². The molecule has 0 aliphatic heterocycles. The van der Waals surface area contributed by atoms with Crippen molar-refractivity contribution in [2.75, 3.05) is 7.11 Å². The van der Waals surface area contributed by atoms with Crippen LogP contribution in [0.15, 0.2) is 48.6 Å². The summed E-state index contributed by atoms with van der Waals surface area (Å²) in [5.41, 5.74) is 1.96. The molecule has 2 rings (SSSR count). The van der Waals surface area contributed by atoms with Gasteiger partial charge in [-0.2, -0.15) is 0 Å². The third kappa shape index (κ3) is 8.10. The van der Waals surface area contributed by atoms with Gasteiger partial charge in [0, 0.05) is 13.3 Å². The number of esters is 2. The Morgan fingerprint density at radius 2 is 1.84 bits per heavy atom. The van der Waals surface area contributed by atoms with Gasteiger partial charge in [-0.15, -0.1) is 0 Å². The molecular weight excluding hydrogens is 404 g/mol. The number of ether oxygens (including phenoxy) is 2. The topological polar surface area (TPSA) is 69.7 Å². The summed E-state index contributed by atoms with van der Waals surface area (Å²) in [6.45, 7) is 3.59. The summed E-state index contributed by atoms with van der Waals surface area (Å²) in [6, 6.07) is 7.96. The van der Waals surface area contributed by atoms with Gasteiger partial charge in [-0.05, 0) is 55.2 Å². The van der Waals surface area contributed by atoms with E-state index in [1.165, 1.54) is 14.0 Å². The second-order valence-electron chi connectivity index (χ2n) is 8.34. The van der Waals surface area contributed by atoms with E-state index in [1.54, 1.807) is 6.08 Å². The molecule has 32 heavy (non-hydrogen) atoms. The Labute approximate surface area is 191 Å². The summed E-state index contributed by atoms with van der Waals surface area (Å²) in [6.07, 6.45) is 14.4. The van der Waals surface area contributed by atoms with Crippen LogP contribution in [0.5, 0.6) is 0 Å². The van der Waals surface area contributed by atoms with Gasteiger partial charge in [-0.25, -0.2) is 0 Å². The first-order valence-electron chi connectivity index (χ1n) is 11.7. The first kappa shape index (κ1) is 25.6. The van der Waals surface area contributed by atoms with Crippen LogP contribution >= 0.6 is 0 Å². The van der Waals surface area contributed by atoms with E-state index in [2.05, 4.69) is 23.8 Å². The van der Waals surface area contributed by atoms with Crippen LogP contribution in [0.2, 0.25) is 0 Å². The zero-order valence-corrected chi connectivity index (χ0v) is 19.5. The molecule has 1 aromatic rings. The highest BCUT2D eigenvalue weighted by Crippen LogP contribution is 2.36. The molecule has 5 nitrogen and oxygen atoms in total. The van der Waals surface area contributed by atoms with E-state index in [-0.39, 0.29) is 35.7 Å². The minimum absolute atomic E-state index is 0.124. The highest BCUT2D eigenvalue weighted by atomic mass is 16.5. The maximum Gasteiger partial charge on any atom is 0.305 e. The number of hydrogen-bond donors (Lipinski definition) is 0. The van der Waals surface area contributed by atoms with Gasteiger partial charge >= 0.3 is 11.9 Å². The third-order valence-electron chi connectivity index (χ3n) is 5.84. The minimum atomic E-state index is -0.274. The van der Waals surface area contributed by atoms with E-state index in [1.807, 2.05) is 30.3 Å². The van der Waals surface area contributed by atoms with Crippen LogP contribution in [-0.2, 0) is 23.9 Å². The second-order valence-corrected chi connectivity index (χ2v) is 8.34. The molecule has 0 heterocycles. The largest absolute Gasteiger partial charge is 0.469 e. The molecule has 1 aromatic carbocycles. The number of rotatable bonds is 13. The van der Waals surface area contributed by atoms with Gasteiger partial charge in [0.2, 0.25) is 0 Å². The lowest BCUT2D eigenvalue weighted by Crippen LogP contribution is -2.14. The Morgan fingerprint density at radius 3 is 2.50 bits per heavy atom. The van der Waals surface area contributed by atoms with E-state index in [0.29, 0.717) is 6.42 Å². The monoisotopic (exact) mass is 440 g/mol. The molecule has 0 radical (unpaired) electrons. The number of carbonyl (C=O) groups is 3. The molecule has 0 aromatic heterocycles.